The molecule has 222 valence electrons. The van der Waals surface area contributed by atoms with E-state index in [1.807, 2.05) is 39.8 Å². The molecule has 9 heteroatoms. The van der Waals surface area contributed by atoms with Gasteiger partial charge in [0.1, 0.15) is 11.5 Å². The van der Waals surface area contributed by atoms with Gasteiger partial charge in [0.15, 0.2) is 0 Å². The summed E-state index contributed by atoms with van der Waals surface area (Å²) in [6.07, 6.45) is 3.20. The molecular weight excluding hydrogens is 572 g/mol. The maximum atomic E-state index is 12.5. The fraction of sp³-hybridized carbons (Fsp3) is 0.562. The molecule has 2 N–H and O–H groups in total. The third-order valence-corrected chi connectivity index (χ3v) is 5.93. The van der Waals surface area contributed by atoms with Crippen LogP contribution in [0.1, 0.15) is 66.5 Å². The fourth-order valence-corrected chi connectivity index (χ4v) is 3.89. The summed E-state index contributed by atoms with van der Waals surface area (Å²) in [5.41, 5.74) is 0.968. The summed E-state index contributed by atoms with van der Waals surface area (Å²) in [6.45, 7) is 20.7. The molecule has 0 aromatic heterocycles. The van der Waals surface area contributed by atoms with Gasteiger partial charge in [-0.1, -0.05) is 63.5 Å². The molecule has 0 saturated heterocycles. The molecule has 2 aromatic rings. The molecule has 0 spiro atoms. The molecule has 2 rings (SSSR count). The van der Waals surface area contributed by atoms with Crippen molar-refractivity contribution in [2.75, 3.05) is 39.3 Å². The van der Waals surface area contributed by atoms with Crippen molar-refractivity contribution in [2.24, 2.45) is 20.8 Å². The number of nitrogens with one attached hydrogen (secondary N) is 2. The van der Waals surface area contributed by atoms with Crippen LogP contribution in [0, 0.1) is 10.8 Å². The Morgan fingerprint density at radius 3 is 1.41 bits per heavy atom. The largest absolute Gasteiger partial charge is 3.00 e. The van der Waals surface area contributed by atoms with E-state index >= 15 is 0 Å². The zero-order chi connectivity index (χ0) is 29.8. The van der Waals surface area contributed by atoms with Gasteiger partial charge in [-0.05, 0) is 61.8 Å². The van der Waals surface area contributed by atoms with Gasteiger partial charge >= 0.3 is 19.8 Å². The van der Waals surface area contributed by atoms with Crippen LogP contribution in [0.2, 0.25) is 0 Å². The molecule has 0 heterocycles. The van der Waals surface area contributed by atoms with Gasteiger partial charge in [0.25, 0.3) is 0 Å². The zero-order valence-electron chi connectivity index (χ0n) is 26.1. The van der Waals surface area contributed by atoms with Crippen molar-refractivity contribution in [1.29, 1.82) is 0 Å². The molecule has 0 atom stereocenters. The molecule has 41 heavy (non-hydrogen) atoms. The van der Waals surface area contributed by atoms with E-state index in [2.05, 4.69) is 48.3 Å². The van der Waals surface area contributed by atoms with Crippen molar-refractivity contribution < 1.29 is 19.7 Å². The van der Waals surface area contributed by atoms with E-state index in [1.165, 1.54) is 0 Å². The molecule has 0 amide bonds. The average Bonchev–Trinajstić information content (AvgIpc) is 2.85. The number of hydrogen-bond donors (Lipinski definition) is 2. The van der Waals surface area contributed by atoms with E-state index in [1.54, 1.807) is 36.7 Å². The van der Waals surface area contributed by atoms with E-state index in [0.29, 0.717) is 35.7 Å². The second-order valence-corrected chi connectivity index (χ2v) is 12.3. The molecule has 0 aliphatic heterocycles. The molecule has 0 aliphatic carbocycles. The SMILES string of the molecule is CC(C)Oc1cccc(C=NCC(C)(C)CNCCNCC(C)(C)CN=Cc2cccc(OC(C)C)c2[O-])c1[O-].[68Ga+3]. The van der Waals surface area contributed by atoms with Crippen LogP contribution in [-0.4, -0.2) is 83.7 Å². The summed E-state index contributed by atoms with van der Waals surface area (Å²) in [7, 11) is 0. The van der Waals surface area contributed by atoms with Gasteiger partial charge in [-0.3, -0.25) is 9.98 Å². The van der Waals surface area contributed by atoms with E-state index < -0.39 is 0 Å². The normalized spacial score (nSPS) is 12.4. The van der Waals surface area contributed by atoms with Crippen molar-refractivity contribution in [3.05, 3.63) is 47.5 Å². The molecule has 8 nitrogen and oxygen atoms in total. The van der Waals surface area contributed by atoms with Crippen molar-refractivity contribution in [1.82, 2.24) is 10.6 Å². The maximum Gasteiger partial charge on any atom is 3.00 e. The molecule has 0 unspecified atom stereocenters. The standard InChI is InChI=1S/C32H50N4O4.Ga/c1-23(2)39-27-13-9-11-25(29(27)37)17-35-21-31(5,6)19-33-15-16-34-20-32(7,8)22-36-18-26-12-10-14-28(30(26)38)40-24(3)4;/h9-14,17-18,23-24,33-34,37-38H,15-16,19-22H2,1-8H3;/q;+3/p-2/i;1-2. The van der Waals surface area contributed by atoms with E-state index in [9.17, 15) is 10.2 Å². The molecule has 0 bridgehead atoms. The smallest absolute Gasteiger partial charge is 0.870 e. The number of nitrogens with zero attached hydrogens (tertiary/aromatic N) is 2. The van der Waals surface area contributed by atoms with Crippen LogP contribution in [0.4, 0.5) is 0 Å². The monoisotopic (exact) mass is 620 g/mol. The second kappa shape index (κ2) is 17.5. The Morgan fingerprint density at radius 2 is 1.07 bits per heavy atom. The third-order valence-electron chi connectivity index (χ3n) is 5.93. The molecule has 0 fully saturated rings. The van der Waals surface area contributed by atoms with Gasteiger partial charge < -0.3 is 30.3 Å². The molecule has 0 aliphatic rings. The van der Waals surface area contributed by atoms with Crippen molar-refractivity contribution in [3.8, 4) is 23.0 Å². The molecule has 2 aromatic carbocycles. The summed E-state index contributed by atoms with van der Waals surface area (Å²) in [4.78, 5) is 9.08. The number of rotatable bonds is 17. The third kappa shape index (κ3) is 13.8. The number of hydrogen-bond acceptors (Lipinski definition) is 8. The van der Waals surface area contributed by atoms with Crippen LogP contribution in [0.5, 0.6) is 23.0 Å². The van der Waals surface area contributed by atoms with Crippen molar-refractivity contribution in [2.45, 2.75) is 67.6 Å². The van der Waals surface area contributed by atoms with Crippen molar-refractivity contribution >= 4 is 32.2 Å². The fourth-order valence-electron chi connectivity index (χ4n) is 3.89. The van der Waals surface area contributed by atoms with Crippen LogP contribution in [-0.2, 0) is 0 Å². The van der Waals surface area contributed by atoms with Crippen LogP contribution in [0.25, 0.3) is 0 Å². The quantitative estimate of drug-likeness (QED) is 0.158. The summed E-state index contributed by atoms with van der Waals surface area (Å²) in [5, 5.41) is 32.0. The van der Waals surface area contributed by atoms with Crippen LogP contribution < -0.4 is 30.3 Å². The number of para-hydroxylation sites is 2. The van der Waals surface area contributed by atoms with Gasteiger partial charge in [-0.2, -0.15) is 0 Å². The maximum absolute atomic E-state index is 12.5. The Morgan fingerprint density at radius 1 is 0.707 bits per heavy atom. The summed E-state index contributed by atoms with van der Waals surface area (Å²) < 4.78 is 11.2. The van der Waals surface area contributed by atoms with Crippen LogP contribution in [0.15, 0.2) is 46.4 Å². The van der Waals surface area contributed by atoms with Gasteiger partial charge in [0.05, 0.1) is 12.2 Å². The Hall–Kier alpha value is -2.46. The predicted octanol–water partition coefficient (Wildman–Crippen LogP) is 3.80. The topological polar surface area (TPSA) is 113 Å². The van der Waals surface area contributed by atoms with Gasteiger partial charge in [0, 0.05) is 51.7 Å². The minimum atomic E-state index is -0.129. The summed E-state index contributed by atoms with van der Waals surface area (Å²) >= 11 is 0. The summed E-state index contributed by atoms with van der Waals surface area (Å²) in [5.74, 6) is 0.467. The zero-order valence-corrected chi connectivity index (χ0v) is 28.5. The number of aliphatic imine (C=N–C) groups is 2. The molecular formula is C32H48GaN4O4+. The Kier molecular flexibility index (Phi) is 15.6. The van der Waals surface area contributed by atoms with Crippen LogP contribution in [0.3, 0.4) is 0 Å². The second-order valence-electron chi connectivity index (χ2n) is 12.3. The van der Waals surface area contributed by atoms with Gasteiger partial charge in [0.2, 0.25) is 0 Å². The molecule has 0 radical (unpaired) electrons. The first-order valence-corrected chi connectivity index (χ1v) is 14.1. The van der Waals surface area contributed by atoms with Crippen LogP contribution >= 0.6 is 0 Å². The van der Waals surface area contributed by atoms with Crippen molar-refractivity contribution in [3.63, 3.8) is 0 Å². The Bertz CT molecular complexity index is 1030. The first kappa shape index (κ1) is 36.6. The summed E-state index contributed by atoms with van der Waals surface area (Å²) in [6, 6.07) is 10.6. The van der Waals surface area contributed by atoms with Gasteiger partial charge in [-0.25, -0.2) is 0 Å². The molecule has 0 saturated carbocycles. The Balaban J connectivity index is 0.00000840. The minimum Gasteiger partial charge on any atom is -0.870 e. The average molecular weight is 621 g/mol. The Labute approximate surface area is 260 Å². The number of ether oxygens (including phenoxy) is 2. The first-order valence-electron chi connectivity index (χ1n) is 14.1. The first-order chi connectivity index (χ1) is 18.8. The van der Waals surface area contributed by atoms with Gasteiger partial charge in [-0.15, -0.1) is 0 Å². The van der Waals surface area contributed by atoms with E-state index in [-0.39, 0.29) is 54.3 Å². The number of benzene rings is 2. The predicted molar refractivity (Wildman–Crippen MR) is 167 cm³/mol. The van der Waals surface area contributed by atoms with E-state index in [0.717, 1.165) is 26.2 Å². The minimum absolute atomic E-state index is 0. The van der Waals surface area contributed by atoms with E-state index in [4.69, 9.17) is 9.47 Å².